The van der Waals surface area contributed by atoms with Crippen molar-refractivity contribution in [3.05, 3.63) is 71.1 Å². The number of amidine groups is 1. The van der Waals surface area contributed by atoms with Crippen LogP contribution in [-0.2, 0) is 24.3 Å². The first-order chi connectivity index (χ1) is 14.4. The number of esters is 1. The van der Waals surface area contributed by atoms with Crippen LogP contribution in [0.3, 0.4) is 0 Å². The minimum atomic E-state index is -3.71. The van der Waals surface area contributed by atoms with Gasteiger partial charge in [-0.25, -0.2) is 13.2 Å². The third-order valence-corrected chi connectivity index (χ3v) is 5.95. The largest absolute Gasteiger partial charge is 0.466 e. The number of anilines is 1. The van der Waals surface area contributed by atoms with E-state index in [4.69, 9.17) is 0 Å². The van der Waals surface area contributed by atoms with E-state index >= 15 is 0 Å². The molecule has 11 heteroatoms. The SMILES string of the molecule is COC(=O)/C=C1/S/C(=N\N=Cc2cccc(NS(=O)(=O)c3ccccc3)c2)NC1=O. The summed E-state index contributed by atoms with van der Waals surface area (Å²) in [5.74, 6) is -1.12. The molecule has 30 heavy (non-hydrogen) atoms. The quantitative estimate of drug-likeness (QED) is 0.304. The third-order valence-electron chi connectivity index (χ3n) is 3.65. The summed E-state index contributed by atoms with van der Waals surface area (Å²) in [6, 6.07) is 14.6. The van der Waals surface area contributed by atoms with Crippen LogP contribution >= 0.6 is 11.8 Å². The molecular formula is C19H16N4O5S2. The van der Waals surface area contributed by atoms with Gasteiger partial charge in [0, 0.05) is 11.8 Å². The van der Waals surface area contributed by atoms with Crippen molar-refractivity contribution in [1.29, 1.82) is 0 Å². The zero-order valence-corrected chi connectivity index (χ0v) is 17.2. The van der Waals surface area contributed by atoms with Gasteiger partial charge in [0.2, 0.25) is 0 Å². The number of carbonyl (C=O) groups excluding carboxylic acids is 2. The molecule has 0 saturated carbocycles. The first-order valence-electron chi connectivity index (χ1n) is 8.45. The van der Waals surface area contributed by atoms with E-state index in [0.29, 0.717) is 11.3 Å². The molecule has 0 bridgehead atoms. The van der Waals surface area contributed by atoms with Crippen LogP contribution in [0.2, 0.25) is 0 Å². The second-order valence-electron chi connectivity index (χ2n) is 5.78. The lowest BCUT2D eigenvalue weighted by Crippen LogP contribution is -2.19. The third kappa shape index (κ3) is 5.55. The van der Waals surface area contributed by atoms with E-state index in [9.17, 15) is 18.0 Å². The lowest BCUT2D eigenvalue weighted by atomic mass is 10.2. The first-order valence-corrected chi connectivity index (χ1v) is 10.7. The average Bonchev–Trinajstić information content (AvgIpc) is 3.07. The van der Waals surface area contributed by atoms with Crippen molar-refractivity contribution in [2.75, 3.05) is 11.8 Å². The fraction of sp³-hybridized carbons (Fsp3) is 0.0526. The fourth-order valence-electron chi connectivity index (χ4n) is 2.29. The highest BCUT2D eigenvalue weighted by Gasteiger charge is 2.25. The second-order valence-corrected chi connectivity index (χ2v) is 8.49. The maximum Gasteiger partial charge on any atom is 0.331 e. The number of nitrogens with one attached hydrogen (secondary N) is 2. The van der Waals surface area contributed by atoms with Gasteiger partial charge in [0.1, 0.15) is 0 Å². The molecule has 1 heterocycles. The molecule has 1 fully saturated rings. The lowest BCUT2D eigenvalue weighted by molar-refractivity contribution is -0.135. The Kier molecular flexibility index (Phi) is 6.65. The molecule has 2 N–H and O–H groups in total. The standard InChI is InChI=1S/C19H16N4O5S2/c1-28-17(24)11-16-18(25)21-19(29-16)22-20-12-13-6-5-7-14(10-13)23-30(26,27)15-8-3-2-4-9-15/h2-12,23H,1H3,(H,21,22,25)/b16-11+,20-12?. The van der Waals surface area contributed by atoms with Crippen LogP contribution in [0.5, 0.6) is 0 Å². The Labute approximate surface area is 177 Å². The van der Waals surface area contributed by atoms with Crippen LogP contribution in [0.1, 0.15) is 5.56 Å². The molecule has 0 atom stereocenters. The molecule has 0 aromatic heterocycles. The summed E-state index contributed by atoms with van der Waals surface area (Å²) in [6.45, 7) is 0. The van der Waals surface area contributed by atoms with Gasteiger partial charge in [-0.1, -0.05) is 30.3 Å². The Balaban J connectivity index is 1.69. The van der Waals surface area contributed by atoms with Gasteiger partial charge in [-0.2, -0.15) is 5.10 Å². The molecule has 1 amide bonds. The van der Waals surface area contributed by atoms with E-state index in [1.807, 2.05) is 0 Å². The monoisotopic (exact) mass is 444 g/mol. The Morgan fingerprint density at radius 1 is 1.17 bits per heavy atom. The van der Waals surface area contributed by atoms with Crippen molar-refractivity contribution in [2.45, 2.75) is 4.90 Å². The van der Waals surface area contributed by atoms with Crippen LogP contribution in [0.15, 0.2) is 80.7 Å². The lowest BCUT2D eigenvalue weighted by Gasteiger charge is -2.08. The molecule has 2 aromatic rings. The molecule has 154 valence electrons. The molecule has 2 aromatic carbocycles. The molecule has 0 spiro atoms. The van der Waals surface area contributed by atoms with Crippen molar-refractivity contribution in [1.82, 2.24) is 5.32 Å². The number of sulfonamides is 1. The van der Waals surface area contributed by atoms with E-state index < -0.39 is 21.9 Å². The number of amides is 1. The Morgan fingerprint density at radius 3 is 2.67 bits per heavy atom. The number of ether oxygens (including phenoxy) is 1. The smallest absolute Gasteiger partial charge is 0.331 e. The fourth-order valence-corrected chi connectivity index (χ4v) is 4.09. The highest BCUT2D eigenvalue weighted by Crippen LogP contribution is 2.23. The zero-order chi connectivity index (χ0) is 21.6. The summed E-state index contributed by atoms with van der Waals surface area (Å²) in [7, 11) is -2.49. The van der Waals surface area contributed by atoms with E-state index in [-0.39, 0.29) is 15.0 Å². The Hall–Kier alpha value is -3.44. The number of rotatable bonds is 6. The summed E-state index contributed by atoms with van der Waals surface area (Å²) < 4.78 is 31.8. The Bertz CT molecular complexity index is 1160. The van der Waals surface area contributed by atoms with Crippen molar-refractivity contribution < 1.29 is 22.7 Å². The molecule has 1 aliphatic heterocycles. The predicted molar refractivity (Wildman–Crippen MR) is 115 cm³/mol. The number of thioether (sulfide) groups is 1. The molecule has 0 radical (unpaired) electrons. The molecule has 0 unspecified atom stereocenters. The number of nitrogens with zero attached hydrogens (tertiary/aromatic N) is 2. The van der Waals surface area contributed by atoms with Crippen LogP contribution in [0, 0.1) is 0 Å². The number of hydrogen-bond donors (Lipinski definition) is 2. The van der Waals surface area contributed by atoms with E-state index in [2.05, 4.69) is 25.0 Å². The number of methoxy groups -OCH3 is 1. The van der Waals surface area contributed by atoms with Gasteiger partial charge in [-0.05, 0) is 41.6 Å². The summed E-state index contributed by atoms with van der Waals surface area (Å²) in [6.07, 6.45) is 2.47. The van der Waals surface area contributed by atoms with Crippen LogP contribution in [-0.4, -0.2) is 38.8 Å². The molecule has 3 rings (SSSR count). The van der Waals surface area contributed by atoms with Crippen LogP contribution in [0.25, 0.3) is 0 Å². The van der Waals surface area contributed by atoms with Crippen molar-refractivity contribution in [3.63, 3.8) is 0 Å². The number of benzene rings is 2. The van der Waals surface area contributed by atoms with E-state index in [1.54, 1.807) is 42.5 Å². The normalized spacial score (nSPS) is 16.8. The van der Waals surface area contributed by atoms with Crippen LogP contribution < -0.4 is 10.0 Å². The van der Waals surface area contributed by atoms with Crippen molar-refractivity contribution in [3.8, 4) is 0 Å². The highest BCUT2D eigenvalue weighted by atomic mass is 32.2. The average molecular weight is 444 g/mol. The summed E-state index contributed by atoms with van der Waals surface area (Å²) >= 11 is 0.950. The summed E-state index contributed by atoms with van der Waals surface area (Å²) in [5.41, 5.74) is 0.953. The van der Waals surface area contributed by atoms with Gasteiger partial charge in [0.15, 0.2) is 5.17 Å². The number of hydrogen-bond acceptors (Lipinski definition) is 8. The minimum absolute atomic E-state index is 0.146. The zero-order valence-electron chi connectivity index (χ0n) is 15.6. The molecule has 1 aliphatic rings. The maximum atomic E-state index is 12.4. The summed E-state index contributed by atoms with van der Waals surface area (Å²) in [5, 5.41) is 10.5. The van der Waals surface area contributed by atoms with Gasteiger partial charge >= 0.3 is 5.97 Å². The van der Waals surface area contributed by atoms with Gasteiger partial charge in [-0.3, -0.25) is 14.8 Å². The van der Waals surface area contributed by atoms with Gasteiger partial charge < -0.3 is 4.74 Å². The maximum absolute atomic E-state index is 12.4. The predicted octanol–water partition coefficient (Wildman–Crippen LogP) is 2.10. The molecule has 1 saturated heterocycles. The van der Waals surface area contributed by atoms with Crippen molar-refractivity contribution >= 4 is 50.7 Å². The van der Waals surface area contributed by atoms with Gasteiger partial charge in [0.05, 0.1) is 23.1 Å². The van der Waals surface area contributed by atoms with Gasteiger partial charge in [0.25, 0.3) is 15.9 Å². The Morgan fingerprint density at radius 2 is 1.93 bits per heavy atom. The minimum Gasteiger partial charge on any atom is -0.466 e. The van der Waals surface area contributed by atoms with Crippen LogP contribution in [0.4, 0.5) is 5.69 Å². The van der Waals surface area contributed by atoms with Gasteiger partial charge in [-0.15, -0.1) is 5.10 Å². The molecular weight excluding hydrogens is 428 g/mol. The van der Waals surface area contributed by atoms with Crippen molar-refractivity contribution in [2.24, 2.45) is 10.2 Å². The van der Waals surface area contributed by atoms with E-state index in [1.165, 1.54) is 25.5 Å². The highest BCUT2D eigenvalue weighted by molar-refractivity contribution is 8.18. The topological polar surface area (TPSA) is 126 Å². The summed E-state index contributed by atoms with van der Waals surface area (Å²) in [4.78, 5) is 23.3. The first kappa shape index (κ1) is 21.3. The van der Waals surface area contributed by atoms with E-state index in [0.717, 1.165) is 17.8 Å². The molecule has 9 nitrogen and oxygen atoms in total. The molecule has 0 aliphatic carbocycles. The second kappa shape index (κ2) is 9.37. The number of carbonyl (C=O) groups is 2.